The van der Waals surface area contributed by atoms with Crippen molar-refractivity contribution in [3.05, 3.63) is 59.0 Å². The first-order chi connectivity index (χ1) is 14.5. The number of aromatic nitrogens is 1. The Hall–Kier alpha value is -3.55. The zero-order valence-electron chi connectivity index (χ0n) is 16.1. The average molecular weight is 407 g/mol. The quantitative estimate of drug-likeness (QED) is 0.672. The third-order valence-electron chi connectivity index (χ3n) is 6.22. The molecule has 0 spiro atoms. The smallest absolute Gasteiger partial charge is 0.245 e. The van der Waals surface area contributed by atoms with Crippen LogP contribution in [0.2, 0.25) is 0 Å². The molecule has 1 fully saturated rings. The van der Waals surface area contributed by atoms with Crippen molar-refractivity contribution in [3.63, 3.8) is 0 Å². The number of ether oxygens (including phenoxy) is 2. The predicted octanol–water partition coefficient (Wildman–Crippen LogP) is 2.35. The number of rotatable bonds is 1. The summed E-state index contributed by atoms with van der Waals surface area (Å²) >= 11 is 0. The van der Waals surface area contributed by atoms with Crippen LogP contribution in [0.5, 0.6) is 11.5 Å². The van der Waals surface area contributed by atoms with E-state index in [1.54, 1.807) is 18.0 Å². The summed E-state index contributed by atoms with van der Waals surface area (Å²) in [4.78, 5) is 32.6. The minimum absolute atomic E-state index is 0.0283. The summed E-state index contributed by atoms with van der Waals surface area (Å²) in [7, 11) is 1.64. The molecule has 7 nitrogen and oxygen atoms in total. The number of nitrogens with one attached hydrogen (secondary N) is 1. The number of amides is 2. The second kappa shape index (κ2) is 5.98. The van der Waals surface area contributed by atoms with Gasteiger partial charge >= 0.3 is 0 Å². The molecule has 8 heteroatoms. The number of carbonyl (C=O) groups excluding carboxylic acids is 2. The van der Waals surface area contributed by atoms with Gasteiger partial charge in [0.05, 0.1) is 12.6 Å². The summed E-state index contributed by atoms with van der Waals surface area (Å²) in [6.45, 7) is 0.176. The molecule has 6 rings (SSSR count). The molecule has 0 saturated carbocycles. The zero-order chi connectivity index (χ0) is 20.6. The van der Waals surface area contributed by atoms with Crippen molar-refractivity contribution in [2.45, 2.75) is 18.5 Å². The number of nitrogens with zero attached hydrogens (tertiary/aromatic N) is 2. The highest BCUT2D eigenvalue weighted by molar-refractivity contribution is 5.97. The number of aromatic amines is 1. The van der Waals surface area contributed by atoms with E-state index in [1.807, 2.05) is 18.2 Å². The van der Waals surface area contributed by atoms with Crippen molar-refractivity contribution in [3.8, 4) is 11.5 Å². The molecule has 3 aliphatic rings. The first kappa shape index (κ1) is 17.3. The van der Waals surface area contributed by atoms with E-state index in [0.29, 0.717) is 17.9 Å². The first-order valence-corrected chi connectivity index (χ1v) is 9.77. The summed E-state index contributed by atoms with van der Waals surface area (Å²) < 4.78 is 25.0. The van der Waals surface area contributed by atoms with E-state index in [1.165, 1.54) is 17.0 Å². The highest BCUT2D eigenvalue weighted by Crippen LogP contribution is 2.44. The fourth-order valence-electron chi connectivity index (χ4n) is 4.86. The van der Waals surface area contributed by atoms with Gasteiger partial charge in [-0.1, -0.05) is 6.07 Å². The van der Waals surface area contributed by atoms with Crippen molar-refractivity contribution in [2.75, 3.05) is 20.4 Å². The van der Waals surface area contributed by atoms with E-state index in [9.17, 15) is 14.0 Å². The summed E-state index contributed by atoms with van der Waals surface area (Å²) in [6, 6.07) is 8.97. The lowest BCUT2D eigenvalue weighted by atomic mass is 9.86. The van der Waals surface area contributed by atoms with Gasteiger partial charge in [-0.15, -0.1) is 0 Å². The number of carbonyl (C=O) groups is 2. The van der Waals surface area contributed by atoms with Crippen molar-refractivity contribution < 1.29 is 23.5 Å². The Balaban J connectivity index is 1.60. The van der Waals surface area contributed by atoms with Crippen LogP contribution in [-0.4, -0.2) is 53.0 Å². The van der Waals surface area contributed by atoms with Gasteiger partial charge < -0.3 is 24.3 Å². The molecule has 4 heterocycles. The topological polar surface area (TPSA) is 74.9 Å². The Bertz CT molecular complexity index is 1240. The number of fused-ring (bicyclic) bond motifs is 5. The number of halogens is 1. The van der Waals surface area contributed by atoms with Crippen molar-refractivity contribution in [1.82, 2.24) is 14.8 Å². The molecule has 0 aliphatic carbocycles. The molecule has 0 bridgehead atoms. The maximum Gasteiger partial charge on any atom is 0.245 e. The monoisotopic (exact) mass is 407 g/mol. The van der Waals surface area contributed by atoms with E-state index in [0.717, 1.165) is 27.7 Å². The number of hydrogen-bond acceptors (Lipinski definition) is 4. The zero-order valence-corrected chi connectivity index (χ0v) is 16.1. The van der Waals surface area contributed by atoms with Crippen LogP contribution in [0, 0.1) is 5.82 Å². The van der Waals surface area contributed by atoms with Crippen LogP contribution in [0.3, 0.4) is 0 Å². The predicted molar refractivity (Wildman–Crippen MR) is 105 cm³/mol. The minimum atomic E-state index is -0.638. The molecular weight excluding hydrogens is 389 g/mol. The van der Waals surface area contributed by atoms with Gasteiger partial charge in [0.1, 0.15) is 11.9 Å². The second-order valence-electron chi connectivity index (χ2n) is 7.94. The van der Waals surface area contributed by atoms with Gasteiger partial charge in [0.2, 0.25) is 18.6 Å². The van der Waals surface area contributed by atoms with Crippen LogP contribution < -0.4 is 9.47 Å². The van der Waals surface area contributed by atoms with Crippen molar-refractivity contribution >= 4 is 22.7 Å². The molecule has 0 unspecified atom stereocenters. The molecule has 3 aromatic rings. The van der Waals surface area contributed by atoms with Gasteiger partial charge in [-0.3, -0.25) is 9.59 Å². The van der Waals surface area contributed by atoms with Crippen molar-refractivity contribution in [2.24, 2.45) is 0 Å². The molecule has 2 atom stereocenters. The highest BCUT2D eigenvalue weighted by atomic mass is 19.1. The summed E-state index contributed by atoms with van der Waals surface area (Å²) in [5.41, 5.74) is 3.25. The summed E-state index contributed by atoms with van der Waals surface area (Å²) in [5.74, 6) is 0.670. The first-order valence-electron chi connectivity index (χ1n) is 9.77. The second-order valence-corrected chi connectivity index (χ2v) is 7.94. The maximum absolute atomic E-state index is 14.0. The molecule has 2 aromatic carbocycles. The fourth-order valence-corrected chi connectivity index (χ4v) is 4.86. The number of hydrogen-bond donors (Lipinski definition) is 1. The maximum atomic E-state index is 14.0. The van der Waals surface area contributed by atoms with Crippen LogP contribution in [0.4, 0.5) is 4.39 Å². The molecule has 1 aromatic heterocycles. The van der Waals surface area contributed by atoms with E-state index in [2.05, 4.69) is 4.98 Å². The lowest BCUT2D eigenvalue weighted by Gasteiger charge is -2.46. The van der Waals surface area contributed by atoms with Crippen molar-refractivity contribution in [1.29, 1.82) is 0 Å². The Kier molecular flexibility index (Phi) is 3.45. The van der Waals surface area contributed by atoms with Gasteiger partial charge in [0, 0.05) is 30.1 Å². The lowest BCUT2D eigenvalue weighted by Crippen LogP contribution is -2.62. The fraction of sp³-hybridized carbons (Fsp3) is 0.273. The van der Waals surface area contributed by atoms with Gasteiger partial charge in [0.25, 0.3) is 0 Å². The largest absolute Gasteiger partial charge is 0.454 e. The van der Waals surface area contributed by atoms with E-state index < -0.39 is 12.1 Å². The van der Waals surface area contributed by atoms with E-state index in [4.69, 9.17) is 9.47 Å². The standard InChI is InChI=1S/C22H18FN3O4/c1-25-9-19(27)26-16(22(25)28)8-14-13-7-12(23)3-4-15(13)24-20(14)21(26)11-2-5-17-18(6-11)30-10-29-17/h2-7,16,21,24H,8-10H2,1H3/t16-,21-/m1/s1. The third-order valence-corrected chi connectivity index (χ3v) is 6.22. The van der Waals surface area contributed by atoms with Crippen LogP contribution in [0.15, 0.2) is 36.4 Å². The molecular formula is C22H18FN3O4. The molecule has 1 N–H and O–H groups in total. The molecule has 152 valence electrons. The third kappa shape index (κ3) is 2.30. The van der Waals surface area contributed by atoms with Crippen LogP contribution in [0.1, 0.15) is 22.9 Å². The Morgan fingerprint density at radius 3 is 2.80 bits per heavy atom. The Morgan fingerprint density at radius 1 is 1.10 bits per heavy atom. The normalized spacial score (nSPS) is 22.5. The van der Waals surface area contributed by atoms with Crippen LogP contribution in [-0.2, 0) is 16.0 Å². The Morgan fingerprint density at radius 2 is 1.93 bits per heavy atom. The van der Waals surface area contributed by atoms with E-state index in [-0.39, 0.29) is 31.0 Å². The molecule has 3 aliphatic heterocycles. The highest BCUT2D eigenvalue weighted by Gasteiger charge is 2.47. The van der Waals surface area contributed by atoms with Gasteiger partial charge in [0.15, 0.2) is 11.5 Å². The molecule has 2 amide bonds. The van der Waals surface area contributed by atoms with Gasteiger partial charge in [-0.25, -0.2) is 4.39 Å². The van der Waals surface area contributed by atoms with Gasteiger partial charge in [-0.05, 0) is 41.5 Å². The van der Waals surface area contributed by atoms with E-state index >= 15 is 0 Å². The number of likely N-dealkylation sites (N-methyl/N-ethyl adjacent to an activating group) is 1. The molecule has 30 heavy (non-hydrogen) atoms. The Labute approximate surface area is 171 Å². The number of H-pyrrole nitrogens is 1. The number of benzene rings is 2. The lowest BCUT2D eigenvalue weighted by molar-refractivity contribution is -0.157. The van der Waals surface area contributed by atoms with Crippen LogP contribution in [0.25, 0.3) is 10.9 Å². The molecule has 0 radical (unpaired) electrons. The van der Waals surface area contributed by atoms with Crippen LogP contribution >= 0.6 is 0 Å². The minimum Gasteiger partial charge on any atom is -0.454 e. The summed E-state index contributed by atoms with van der Waals surface area (Å²) in [5, 5.41) is 0.740. The number of piperazine rings is 1. The van der Waals surface area contributed by atoms with Gasteiger partial charge in [-0.2, -0.15) is 0 Å². The SMILES string of the molecule is CN1CC(=O)N2[C@H](c3ccc4c(c3)OCO4)c3[nH]c4ccc(F)cc4c3C[C@@H]2C1=O. The summed E-state index contributed by atoms with van der Waals surface area (Å²) in [6.07, 6.45) is 0.342. The average Bonchev–Trinajstić information content (AvgIpc) is 3.34. The molecule has 1 saturated heterocycles.